The number of carboxylic acid groups (broad SMARTS) is 1. The summed E-state index contributed by atoms with van der Waals surface area (Å²) < 4.78 is 16.3. The summed E-state index contributed by atoms with van der Waals surface area (Å²) in [5.74, 6) is 0.285. The van der Waals surface area contributed by atoms with Gasteiger partial charge in [0, 0.05) is 23.5 Å². The lowest BCUT2D eigenvalue weighted by Crippen LogP contribution is -2.31. The van der Waals surface area contributed by atoms with Crippen LogP contribution < -0.4 is 19.5 Å². The second kappa shape index (κ2) is 9.53. The molecule has 9 heteroatoms. The number of nitrogens with one attached hydrogen (secondary N) is 1. The number of nitrogens with zero attached hydrogens (tertiary/aromatic N) is 1. The topological polar surface area (TPSA) is 107 Å². The van der Waals surface area contributed by atoms with Gasteiger partial charge in [-0.05, 0) is 29.5 Å². The average molecular weight is 430 g/mol. The number of rotatable bonds is 8. The lowest BCUT2D eigenvalue weighted by atomic mass is 10.0. The van der Waals surface area contributed by atoms with Gasteiger partial charge < -0.3 is 24.6 Å². The molecule has 1 aromatic carbocycles. The van der Waals surface area contributed by atoms with Crippen molar-refractivity contribution in [1.82, 2.24) is 10.3 Å². The predicted octanol–water partition coefficient (Wildman–Crippen LogP) is 3.33. The highest BCUT2D eigenvalue weighted by atomic mass is 32.2. The van der Waals surface area contributed by atoms with Crippen LogP contribution in [-0.4, -0.2) is 48.7 Å². The van der Waals surface area contributed by atoms with Gasteiger partial charge in [-0.1, -0.05) is 6.08 Å². The zero-order valence-corrected chi connectivity index (χ0v) is 17.6. The smallest absolute Gasteiger partial charge is 0.308 e. The van der Waals surface area contributed by atoms with Crippen LogP contribution in [0, 0.1) is 0 Å². The van der Waals surface area contributed by atoms with Crippen molar-refractivity contribution < 1.29 is 28.9 Å². The molecule has 1 aliphatic heterocycles. The third-order valence-electron chi connectivity index (χ3n) is 4.49. The maximum absolute atomic E-state index is 12.7. The fraction of sp³-hybridized carbons (Fsp3) is 0.286. The van der Waals surface area contributed by atoms with Gasteiger partial charge in [0.15, 0.2) is 11.5 Å². The maximum atomic E-state index is 12.7. The minimum absolute atomic E-state index is 0.0345. The molecule has 2 N–H and O–H groups in total. The van der Waals surface area contributed by atoms with Gasteiger partial charge in [0.25, 0.3) is 5.91 Å². The second-order valence-electron chi connectivity index (χ2n) is 6.40. The number of benzene rings is 1. The predicted molar refractivity (Wildman–Crippen MR) is 113 cm³/mol. The van der Waals surface area contributed by atoms with E-state index in [9.17, 15) is 9.59 Å². The Bertz CT molecular complexity index is 991. The third kappa shape index (κ3) is 4.68. The standard InChI is InChI=1S/C21H22N2O6S/c1-27-16-6-5-15(19(28-2)20(16)29-3)12-8-13(11-22-10-12)21(26)23-17-7-4-14(30-17)9-18(24)25/h4-6,8,10-11,17H,7,9H2,1-3H3,(H,23,26)(H,24,25). The zero-order chi connectivity index (χ0) is 21.7. The Balaban J connectivity index is 1.80. The van der Waals surface area contributed by atoms with Gasteiger partial charge in [-0.15, -0.1) is 11.8 Å². The molecule has 1 atom stereocenters. The van der Waals surface area contributed by atoms with E-state index in [1.54, 1.807) is 25.4 Å². The molecular weight excluding hydrogens is 408 g/mol. The van der Waals surface area contributed by atoms with Gasteiger partial charge in [0.1, 0.15) is 0 Å². The fourth-order valence-corrected chi connectivity index (χ4v) is 4.26. The number of carbonyl (C=O) groups excluding carboxylic acids is 1. The number of thioether (sulfide) groups is 1. The van der Waals surface area contributed by atoms with E-state index in [2.05, 4.69) is 10.3 Å². The van der Waals surface area contributed by atoms with Crippen molar-refractivity contribution in [3.05, 3.63) is 47.1 Å². The Labute approximate surface area is 178 Å². The van der Waals surface area contributed by atoms with E-state index in [-0.39, 0.29) is 17.7 Å². The van der Waals surface area contributed by atoms with Crippen LogP contribution in [0.5, 0.6) is 17.2 Å². The molecule has 0 saturated carbocycles. The van der Waals surface area contributed by atoms with Crippen molar-refractivity contribution in [2.45, 2.75) is 18.2 Å². The van der Waals surface area contributed by atoms with Crippen molar-refractivity contribution in [3.63, 3.8) is 0 Å². The Morgan fingerprint density at radius 3 is 2.60 bits per heavy atom. The normalized spacial score (nSPS) is 15.3. The van der Waals surface area contributed by atoms with E-state index in [4.69, 9.17) is 19.3 Å². The summed E-state index contributed by atoms with van der Waals surface area (Å²) >= 11 is 1.36. The first-order valence-electron chi connectivity index (χ1n) is 9.09. The Kier molecular flexibility index (Phi) is 6.83. The van der Waals surface area contributed by atoms with E-state index in [1.807, 2.05) is 12.1 Å². The molecular formula is C21H22N2O6S. The lowest BCUT2D eigenvalue weighted by molar-refractivity contribution is -0.136. The van der Waals surface area contributed by atoms with Crippen LogP contribution in [0.25, 0.3) is 11.1 Å². The van der Waals surface area contributed by atoms with Gasteiger partial charge in [-0.25, -0.2) is 0 Å². The van der Waals surface area contributed by atoms with Crippen molar-refractivity contribution in [2.75, 3.05) is 21.3 Å². The molecule has 2 heterocycles. The minimum atomic E-state index is -0.888. The number of hydrogen-bond donors (Lipinski definition) is 2. The summed E-state index contributed by atoms with van der Waals surface area (Å²) in [6, 6.07) is 5.29. The highest BCUT2D eigenvalue weighted by molar-refractivity contribution is 8.03. The first kappa shape index (κ1) is 21.5. The monoisotopic (exact) mass is 430 g/mol. The lowest BCUT2D eigenvalue weighted by Gasteiger charge is -2.16. The minimum Gasteiger partial charge on any atom is -0.493 e. The highest BCUT2D eigenvalue weighted by Crippen LogP contribution is 2.44. The zero-order valence-electron chi connectivity index (χ0n) is 16.8. The van der Waals surface area contributed by atoms with Crippen LogP contribution in [0.2, 0.25) is 0 Å². The number of aliphatic carboxylic acids is 1. The molecule has 0 aliphatic carbocycles. The molecule has 2 aromatic rings. The fourth-order valence-electron chi connectivity index (χ4n) is 3.14. The van der Waals surface area contributed by atoms with Gasteiger partial charge in [0.2, 0.25) is 5.75 Å². The SMILES string of the molecule is COc1ccc(-c2cncc(C(=O)NC3CC=C(CC(=O)O)S3)c2)c(OC)c1OC. The van der Waals surface area contributed by atoms with Crippen LogP contribution >= 0.6 is 11.8 Å². The molecule has 0 fully saturated rings. The van der Waals surface area contributed by atoms with E-state index >= 15 is 0 Å². The van der Waals surface area contributed by atoms with Crippen molar-refractivity contribution >= 4 is 23.6 Å². The van der Waals surface area contributed by atoms with Crippen molar-refractivity contribution in [2.24, 2.45) is 0 Å². The summed E-state index contributed by atoms with van der Waals surface area (Å²) in [4.78, 5) is 28.5. The van der Waals surface area contributed by atoms with Gasteiger partial charge >= 0.3 is 5.97 Å². The van der Waals surface area contributed by atoms with Crippen LogP contribution in [0.15, 0.2) is 41.6 Å². The number of carbonyl (C=O) groups is 2. The molecule has 8 nitrogen and oxygen atoms in total. The van der Waals surface area contributed by atoms with E-state index < -0.39 is 5.97 Å². The number of methoxy groups -OCH3 is 3. The Morgan fingerprint density at radius 2 is 1.93 bits per heavy atom. The molecule has 0 radical (unpaired) electrons. The Hall–Kier alpha value is -3.20. The molecule has 158 valence electrons. The highest BCUT2D eigenvalue weighted by Gasteiger charge is 2.23. The first-order chi connectivity index (χ1) is 14.5. The molecule has 1 aromatic heterocycles. The molecule has 30 heavy (non-hydrogen) atoms. The van der Waals surface area contributed by atoms with E-state index in [0.29, 0.717) is 40.4 Å². The summed E-state index contributed by atoms with van der Waals surface area (Å²) in [5.41, 5.74) is 1.78. The molecule has 0 spiro atoms. The molecule has 1 amide bonds. The van der Waals surface area contributed by atoms with Gasteiger partial charge in [-0.3, -0.25) is 14.6 Å². The van der Waals surface area contributed by atoms with Crippen LogP contribution in [0.3, 0.4) is 0 Å². The number of hydrogen-bond acceptors (Lipinski definition) is 7. The number of pyridine rings is 1. The average Bonchev–Trinajstić information content (AvgIpc) is 3.18. The van der Waals surface area contributed by atoms with E-state index in [1.165, 1.54) is 32.2 Å². The summed E-state index contributed by atoms with van der Waals surface area (Å²) in [6.45, 7) is 0. The first-order valence-corrected chi connectivity index (χ1v) is 9.97. The van der Waals surface area contributed by atoms with Crippen LogP contribution in [0.4, 0.5) is 0 Å². The summed E-state index contributed by atoms with van der Waals surface area (Å²) in [6.07, 6.45) is 5.50. The maximum Gasteiger partial charge on any atom is 0.308 e. The van der Waals surface area contributed by atoms with Crippen LogP contribution in [-0.2, 0) is 4.79 Å². The largest absolute Gasteiger partial charge is 0.493 e. The number of ether oxygens (including phenoxy) is 3. The van der Waals surface area contributed by atoms with Gasteiger partial charge in [-0.2, -0.15) is 0 Å². The number of aromatic nitrogens is 1. The summed E-state index contributed by atoms with van der Waals surface area (Å²) in [7, 11) is 4.60. The van der Waals surface area contributed by atoms with Gasteiger partial charge in [0.05, 0.1) is 38.7 Å². The Morgan fingerprint density at radius 1 is 1.17 bits per heavy atom. The quantitative estimate of drug-likeness (QED) is 0.657. The molecule has 0 saturated heterocycles. The summed E-state index contributed by atoms with van der Waals surface area (Å²) in [5, 5.41) is 11.6. The van der Waals surface area contributed by atoms with Crippen LogP contribution in [0.1, 0.15) is 23.2 Å². The van der Waals surface area contributed by atoms with Crippen molar-refractivity contribution in [3.8, 4) is 28.4 Å². The molecule has 3 rings (SSSR count). The molecule has 0 bridgehead atoms. The molecule has 1 unspecified atom stereocenters. The third-order valence-corrected chi connectivity index (χ3v) is 5.69. The van der Waals surface area contributed by atoms with E-state index in [0.717, 1.165) is 4.91 Å². The molecule has 1 aliphatic rings. The van der Waals surface area contributed by atoms with Crippen molar-refractivity contribution in [1.29, 1.82) is 0 Å². The number of carboxylic acids is 1. The number of amides is 1. The second-order valence-corrected chi connectivity index (χ2v) is 7.73.